The molecule has 0 unspecified atom stereocenters. The van der Waals surface area contributed by atoms with Crippen molar-refractivity contribution in [3.8, 4) is 0 Å². The quantitative estimate of drug-likeness (QED) is 0.238. The Morgan fingerprint density at radius 2 is 2.11 bits per heavy atom. The maximum absolute atomic E-state index is 13.4. The molecular formula is C25H38N8O3S. The van der Waals surface area contributed by atoms with Crippen molar-refractivity contribution >= 4 is 42.4 Å². The van der Waals surface area contributed by atoms with Gasteiger partial charge in [-0.05, 0) is 51.4 Å². The van der Waals surface area contributed by atoms with Gasteiger partial charge < -0.3 is 30.6 Å². The Bertz CT molecular complexity index is 1060. The zero-order valence-corrected chi connectivity index (χ0v) is 23.0. The number of nitrogens with one attached hydrogen (secondary N) is 1. The number of ether oxygens (including phenoxy) is 1. The van der Waals surface area contributed by atoms with Crippen LogP contribution < -0.4 is 21.8 Å². The second kappa shape index (κ2) is 13.7. The van der Waals surface area contributed by atoms with Crippen molar-refractivity contribution in [2.45, 2.75) is 32.9 Å². The van der Waals surface area contributed by atoms with E-state index >= 15 is 0 Å². The number of nitrogens with two attached hydrogens (primary N) is 2. The van der Waals surface area contributed by atoms with Crippen LogP contribution in [0.25, 0.3) is 0 Å². The molecule has 0 bridgehead atoms. The third-order valence-corrected chi connectivity index (χ3v) is 5.39. The van der Waals surface area contributed by atoms with Gasteiger partial charge in [-0.2, -0.15) is 0 Å². The Hall–Kier alpha value is -3.51. The lowest BCUT2D eigenvalue weighted by atomic mass is 10.1. The largest absolute Gasteiger partial charge is 0.444 e. The maximum Gasteiger partial charge on any atom is 0.410 e. The molecule has 11 nitrogen and oxygen atoms in total. The van der Waals surface area contributed by atoms with Crippen LogP contribution in [0.15, 0.2) is 57.5 Å². The highest BCUT2D eigenvalue weighted by molar-refractivity contribution is 7.98. The Morgan fingerprint density at radius 3 is 2.76 bits per heavy atom. The predicted octanol–water partition coefficient (Wildman–Crippen LogP) is 2.27. The molecule has 1 aromatic rings. The minimum Gasteiger partial charge on any atom is -0.444 e. The van der Waals surface area contributed by atoms with Gasteiger partial charge in [0.2, 0.25) is 0 Å². The van der Waals surface area contributed by atoms with Gasteiger partial charge in [0, 0.05) is 43.9 Å². The van der Waals surface area contributed by atoms with Gasteiger partial charge in [-0.25, -0.2) is 15.6 Å². The van der Waals surface area contributed by atoms with Gasteiger partial charge in [0.1, 0.15) is 17.0 Å². The van der Waals surface area contributed by atoms with Crippen LogP contribution in [-0.4, -0.2) is 79.3 Å². The average molecular weight is 531 g/mol. The minimum atomic E-state index is -0.596. The number of hydrazine groups is 1. The maximum atomic E-state index is 13.4. The number of carbonyl (C=O) groups is 2. The van der Waals surface area contributed by atoms with Crippen molar-refractivity contribution in [3.63, 3.8) is 0 Å². The van der Waals surface area contributed by atoms with E-state index in [2.05, 4.69) is 22.0 Å². The van der Waals surface area contributed by atoms with Crippen molar-refractivity contribution in [1.82, 2.24) is 15.2 Å². The molecule has 0 radical (unpaired) electrons. The first-order valence-corrected chi connectivity index (χ1v) is 13.1. The lowest BCUT2D eigenvalue weighted by molar-refractivity contribution is -0.114. The molecule has 0 aromatic heterocycles. The van der Waals surface area contributed by atoms with Gasteiger partial charge >= 0.3 is 6.09 Å². The molecule has 0 aliphatic carbocycles. The van der Waals surface area contributed by atoms with Crippen molar-refractivity contribution in [1.29, 1.82) is 0 Å². The predicted molar refractivity (Wildman–Crippen MR) is 151 cm³/mol. The Kier molecular flexibility index (Phi) is 11.0. The summed E-state index contributed by atoms with van der Waals surface area (Å²) in [6.07, 6.45) is 4.58. The summed E-state index contributed by atoms with van der Waals surface area (Å²) in [6, 6.07) is 7.54. The molecule has 0 fully saturated rings. The first-order chi connectivity index (χ1) is 17.4. The minimum absolute atomic E-state index is 0.158. The van der Waals surface area contributed by atoms with E-state index in [1.54, 1.807) is 56.9 Å². The zero-order chi connectivity index (χ0) is 27.6. The molecule has 0 atom stereocenters. The van der Waals surface area contributed by atoms with Crippen LogP contribution in [-0.2, 0) is 16.1 Å². The van der Waals surface area contributed by atoms with Crippen molar-refractivity contribution < 1.29 is 14.3 Å². The van der Waals surface area contributed by atoms with Gasteiger partial charge in [-0.1, -0.05) is 12.1 Å². The van der Waals surface area contributed by atoms with E-state index in [4.69, 9.17) is 16.3 Å². The second-order valence-electron chi connectivity index (χ2n) is 9.42. The summed E-state index contributed by atoms with van der Waals surface area (Å²) in [7, 11) is 1.61. The first-order valence-electron chi connectivity index (χ1n) is 11.7. The van der Waals surface area contributed by atoms with Gasteiger partial charge in [-0.15, -0.1) is 11.8 Å². The summed E-state index contributed by atoms with van der Waals surface area (Å²) < 4.78 is 5.34. The molecule has 37 heavy (non-hydrogen) atoms. The van der Waals surface area contributed by atoms with E-state index in [1.165, 1.54) is 9.91 Å². The lowest BCUT2D eigenvalue weighted by Crippen LogP contribution is -2.37. The summed E-state index contributed by atoms with van der Waals surface area (Å²) in [4.78, 5) is 36.9. The van der Waals surface area contributed by atoms with Crippen LogP contribution in [0.3, 0.4) is 0 Å². The zero-order valence-electron chi connectivity index (χ0n) is 22.2. The standard InChI is InChI=1S/C25H38N8O3S/c1-25(2,3)36-24(35)31(5)15-19(26)16-32(27)14-18-8-7-9-20(12-18)33-11-10-30-22(28-4)21(23(33)34)13-29-17-37-6/h7-9,12-13,16,30H,4,10-11,14-15,17,26-27H2,1-3,5-6H3/b19-16-,29-13?. The third kappa shape index (κ3) is 9.47. The molecule has 12 heteroatoms. The molecule has 1 aliphatic heterocycles. The highest BCUT2D eigenvalue weighted by Crippen LogP contribution is 2.21. The number of benzene rings is 1. The molecule has 1 aromatic carbocycles. The van der Waals surface area contributed by atoms with Crippen molar-refractivity contribution in [3.05, 3.63) is 53.1 Å². The summed E-state index contributed by atoms with van der Waals surface area (Å²) in [5.41, 5.74) is 7.85. The number of hydrogen-bond acceptors (Lipinski definition) is 10. The Morgan fingerprint density at radius 1 is 1.38 bits per heavy atom. The fourth-order valence-electron chi connectivity index (χ4n) is 3.45. The van der Waals surface area contributed by atoms with E-state index in [9.17, 15) is 9.59 Å². The Balaban J connectivity index is 2.13. The lowest BCUT2D eigenvalue weighted by Gasteiger charge is -2.25. The van der Waals surface area contributed by atoms with Gasteiger partial charge in [0.15, 0.2) is 0 Å². The number of carbonyl (C=O) groups excluding carboxylic acids is 2. The van der Waals surface area contributed by atoms with Crippen LogP contribution in [0.5, 0.6) is 0 Å². The molecular weight excluding hydrogens is 492 g/mol. The van der Waals surface area contributed by atoms with E-state index in [0.717, 1.165) is 11.3 Å². The SMILES string of the molecule is C=NC1=C(C=NCSC)C(=O)N(c2cccc(CN(N)/C=C(\N)CN(C)C(=O)OC(C)(C)C)c2)CCN1. The van der Waals surface area contributed by atoms with Gasteiger partial charge in [-0.3, -0.25) is 9.79 Å². The van der Waals surface area contributed by atoms with Crippen LogP contribution in [0.4, 0.5) is 10.5 Å². The number of rotatable bonds is 10. The monoisotopic (exact) mass is 530 g/mol. The Labute approximate surface area is 223 Å². The summed E-state index contributed by atoms with van der Waals surface area (Å²) in [6.45, 7) is 10.4. The van der Waals surface area contributed by atoms with Crippen LogP contribution >= 0.6 is 11.8 Å². The molecule has 5 N–H and O–H groups in total. The number of hydrogen-bond donors (Lipinski definition) is 3. The molecule has 202 valence electrons. The van der Waals surface area contributed by atoms with Crippen LogP contribution in [0.2, 0.25) is 0 Å². The fourth-order valence-corrected chi connectivity index (χ4v) is 3.67. The molecule has 0 saturated carbocycles. The number of amides is 2. The molecule has 2 rings (SSSR count). The smallest absolute Gasteiger partial charge is 0.410 e. The second-order valence-corrected chi connectivity index (χ2v) is 10.3. The fraction of sp³-hybridized carbons (Fsp3) is 0.440. The summed E-state index contributed by atoms with van der Waals surface area (Å²) >= 11 is 1.55. The number of nitrogens with zero attached hydrogens (tertiary/aromatic N) is 5. The van der Waals surface area contributed by atoms with Gasteiger partial charge in [0.05, 0.1) is 19.0 Å². The molecule has 0 saturated heterocycles. The van der Waals surface area contributed by atoms with Crippen molar-refractivity contribution in [2.24, 2.45) is 21.6 Å². The molecule has 1 aliphatic rings. The first kappa shape index (κ1) is 29.7. The highest BCUT2D eigenvalue weighted by Gasteiger charge is 2.25. The van der Waals surface area contributed by atoms with Crippen LogP contribution in [0.1, 0.15) is 26.3 Å². The number of likely N-dealkylation sites (N-methyl/N-ethyl adjacent to an activating group) is 1. The van der Waals surface area contributed by atoms with E-state index in [1.807, 2.05) is 30.5 Å². The normalized spacial score (nSPS) is 14.9. The van der Waals surface area contributed by atoms with Gasteiger partial charge in [0.25, 0.3) is 5.91 Å². The average Bonchev–Trinajstić information content (AvgIpc) is 2.96. The molecule has 2 amide bonds. The summed E-state index contributed by atoms with van der Waals surface area (Å²) in [5.74, 6) is 6.91. The molecule has 1 heterocycles. The summed E-state index contributed by atoms with van der Waals surface area (Å²) in [5, 5.41) is 4.58. The third-order valence-electron chi connectivity index (χ3n) is 4.98. The molecule has 0 spiro atoms. The number of aliphatic imine (C=N–C) groups is 2. The van der Waals surface area contributed by atoms with Crippen LogP contribution in [0, 0.1) is 0 Å². The topological polar surface area (TPSA) is 142 Å². The van der Waals surface area contributed by atoms with E-state index in [-0.39, 0.29) is 12.5 Å². The van der Waals surface area contributed by atoms with E-state index in [0.29, 0.717) is 42.6 Å². The number of anilines is 1. The number of thioether (sulfide) groups is 1. The van der Waals surface area contributed by atoms with Crippen molar-refractivity contribution in [2.75, 3.05) is 43.7 Å². The highest BCUT2D eigenvalue weighted by atomic mass is 32.2. The van der Waals surface area contributed by atoms with E-state index < -0.39 is 11.7 Å².